The number of aliphatic hydroxyl groups excluding tert-OH is 1. The van der Waals surface area contributed by atoms with Crippen molar-refractivity contribution in [2.45, 2.75) is 19.6 Å². The minimum Gasteiger partial charge on any atom is -0.389 e. The van der Waals surface area contributed by atoms with Crippen molar-refractivity contribution in [3.63, 3.8) is 0 Å². The summed E-state index contributed by atoms with van der Waals surface area (Å²) in [6.45, 7) is 2.07. The van der Waals surface area contributed by atoms with Gasteiger partial charge in [-0.2, -0.15) is 0 Å². The molecule has 0 heterocycles. The molecule has 2 rings (SSSR count). The van der Waals surface area contributed by atoms with E-state index in [-0.39, 0.29) is 11.6 Å². The number of anilines is 1. The Bertz CT molecular complexity index is 599. The van der Waals surface area contributed by atoms with Gasteiger partial charge in [-0.05, 0) is 42.8 Å². The van der Waals surface area contributed by atoms with E-state index in [1.54, 1.807) is 19.1 Å². The Balaban J connectivity index is 2.27. The van der Waals surface area contributed by atoms with Crippen LogP contribution in [0.15, 0.2) is 42.5 Å². The molecule has 0 aliphatic rings. The molecule has 0 bridgehead atoms. The zero-order chi connectivity index (χ0) is 14.7. The summed E-state index contributed by atoms with van der Waals surface area (Å²) in [4.78, 5) is 1.86. The normalized spacial score (nSPS) is 12.2. The third-order valence-electron chi connectivity index (χ3n) is 3.16. The first kappa shape index (κ1) is 14.5. The summed E-state index contributed by atoms with van der Waals surface area (Å²) >= 11 is 0. The van der Waals surface area contributed by atoms with Crippen molar-refractivity contribution in [1.82, 2.24) is 0 Å². The van der Waals surface area contributed by atoms with Crippen molar-refractivity contribution < 1.29 is 13.9 Å². The van der Waals surface area contributed by atoms with E-state index in [4.69, 9.17) is 0 Å². The second-order valence-corrected chi connectivity index (χ2v) is 4.87. The third-order valence-corrected chi connectivity index (χ3v) is 3.16. The molecular weight excluding hydrogens is 260 g/mol. The van der Waals surface area contributed by atoms with Crippen LogP contribution in [0.1, 0.15) is 24.2 Å². The molecule has 1 unspecified atom stereocenters. The lowest BCUT2D eigenvalue weighted by molar-refractivity contribution is 0.199. The first-order chi connectivity index (χ1) is 9.47. The molecule has 2 nitrogen and oxygen atoms in total. The smallest absolute Gasteiger partial charge is 0.123 e. The second kappa shape index (κ2) is 6.01. The molecule has 0 fully saturated rings. The van der Waals surface area contributed by atoms with Crippen LogP contribution in [0.25, 0.3) is 0 Å². The zero-order valence-corrected chi connectivity index (χ0v) is 11.5. The van der Waals surface area contributed by atoms with Gasteiger partial charge in [0.25, 0.3) is 0 Å². The van der Waals surface area contributed by atoms with Gasteiger partial charge in [-0.25, -0.2) is 8.78 Å². The highest BCUT2D eigenvalue weighted by Gasteiger charge is 2.13. The molecule has 1 atom stereocenters. The Hall–Kier alpha value is -1.94. The molecular formula is C16H17F2NO. The maximum atomic E-state index is 13.3. The van der Waals surface area contributed by atoms with Crippen LogP contribution in [0.2, 0.25) is 0 Å². The van der Waals surface area contributed by atoms with Crippen LogP contribution < -0.4 is 4.90 Å². The molecule has 20 heavy (non-hydrogen) atoms. The van der Waals surface area contributed by atoms with Crippen molar-refractivity contribution in [2.75, 3.05) is 11.9 Å². The molecule has 0 aromatic heterocycles. The Labute approximate surface area is 117 Å². The van der Waals surface area contributed by atoms with Gasteiger partial charge in [0.2, 0.25) is 0 Å². The first-order valence-electron chi connectivity index (χ1n) is 6.40. The lowest BCUT2D eigenvalue weighted by Gasteiger charge is -2.24. The van der Waals surface area contributed by atoms with Crippen LogP contribution in [-0.2, 0) is 6.54 Å². The van der Waals surface area contributed by atoms with Gasteiger partial charge in [0, 0.05) is 24.8 Å². The lowest BCUT2D eigenvalue weighted by atomic mass is 10.1. The summed E-state index contributed by atoms with van der Waals surface area (Å²) in [5, 5.41) is 9.73. The molecule has 0 aliphatic heterocycles. The summed E-state index contributed by atoms with van der Waals surface area (Å²) in [7, 11) is 1.82. The Morgan fingerprint density at radius 2 is 1.80 bits per heavy atom. The molecule has 106 valence electrons. The van der Waals surface area contributed by atoms with E-state index in [0.717, 1.165) is 11.3 Å². The van der Waals surface area contributed by atoms with E-state index < -0.39 is 6.10 Å². The van der Waals surface area contributed by atoms with Gasteiger partial charge in [0.05, 0.1) is 6.10 Å². The molecule has 0 amide bonds. The first-order valence-corrected chi connectivity index (χ1v) is 6.40. The fourth-order valence-corrected chi connectivity index (χ4v) is 2.20. The quantitative estimate of drug-likeness (QED) is 0.922. The standard InChI is InChI=1S/C16H17F2NO/c1-11(20)15-9-14(18)6-7-16(15)19(2)10-12-4-3-5-13(17)8-12/h3-9,11,20H,10H2,1-2H3. The van der Waals surface area contributed by atoms with Crippen LogP contribution >= 0.6 is 0 Å². The molecule has 0 aliphatic carbocycles. The van der Waals surface area contributed by atoms with E-state index >= 15 is 0 Å². The van der Waals surface area contributed by atoms with Crippen molar-refractivity contribution in [3.05, 3.63) is 65.2 Å². The van der Waals surface area contributed by atoms with Gasteiger partial charge < -0.3 is 10.0 Å². The van der Waals surface area contributed by atoms with E-state index in [0.29, 0.717) is 12.1 Å². The van der Waals surface area contributed by atoms with Gasteiger partial charge in [-0.15, -0.1) is 0 Å². The Morgan fingerprint density at radius 3 is 2.45 bits per heavy atom. The van der Waals surface area contributed by atoms with E-state index in [9.17, 15) is 13.9 Å². The van der Waals surface area contributed by atoms with Crippen LogP contribution in [0, 0.1) is 11.6 Å². The number of hydrogen-bond donors (Lipinski definition) is 1. The monoisotopic (exact) mass is 277 g/mol. The highest BCUT2D eigenvalue weighted by atomic mass is 19.1. The predicted octanol–water partition coefficient (Wildman–Crippen LogP) is 3.65. The summed E-state index contributed by atoms with van der Waals surface area (Å²) in [5.74, 6) is -0.672. The summed E-state index contributed by atoms with van der Waals surface area (Å²) in [6, 6.07) is 10.6. The van der Waals surface area contributed by atoms with Crippen molar-refractivity contribution in [3.8, 4) is 0 Å². The lowest BCUT2D eigenvalue weighted by Crippen LogP contribution is -2.18. The van der Waals surface area contributed by atoms with Gasteiger partial charge in [-0.1, -0.05) is 12.1 Å². The number of nitrogens with zero attached hydrogens (tertiary/aromatic N) is 1. The maximum absolute atomic E-state index is 13.3. The number of benzene rings is 2. The zero-order valence-electron chi connectivity index (χ0n) is 11.5. The van der Waals surface area contributed by atoms with Crippen LogP contribution in [0.4, 0.5) is 14.5 Å². The van der Waals surface area contributed by atoms with Gasteiger partial charge in [-0.3, -0.25) is 0 Å². The average molecular weight is 277 g/mol. The average Bonchev–Trinajstić information content (AvgIpc) is 2.38. The maximum Gasteiger partial charge on any atom is 0.123 e. The highest BCUT2D eigenvalue weighted by molar-refractivity contribution is 5.54. The van der Waals surface area contributed by atoms with Crippen molar-refractivity contribution >= 4 is 5.69 Å². The minimum atomic E-state index is -0.768. The highest BCUT2D eigenvalue weighted by Crippen LogP contribution is 2.27. The van der Waals surface area contributed by atoms with Crippen molar-refractivity contribution in [1.29, 1.82) is 0 Å². The fourth-order valence-electron chi connectivity index (χ4n) is 2.20. The van der Waals surface area contributed by atoms with E-state index in [1.807, 2.05) is 18.0 Å². The summed E-state index contributed by atoms with van der Waals surface area (Å²) < 4.78 is 26.4. The van der Waals surface area contributed by atoms with E-state index in [1.165, 1.54) is 24.3 Å². The SMILES string of the molecule is CC(O)c1cc(F)ccc1N(C)Cc1cccc(F)c1. The molecule has 0 saturated heterocycles. The second-order valence-electron chi connectivity index (χ2n) is 4.87. The van der Waals surface area contributed by atoms with Gasteiger partial charge in [0.15, 0.2) is 0 Å². The molecule has 4 heteroatoms. The third kappa shape index (κ3) is 3.33. The molecule has 2 aromatic carbocycles. The topological polar surface area (TPSA) is 23.5 Å². The summed E-state index contributed by atoms with van der Waals surface area (Å²) in [5.41, 5.74) is 2.06. The number of rotatable bonds is 4. The van der Waals surface area contributed by atoms with Crippen LogP contribution in [0.3, 0.4) is 0 Å². The van der Waals surface area contributed by atoms with Gasteiger partial charge in [0.1, 0.15) is 11.6 Å². The Morgan fingerprint density at radius 1 is 1.10 bits per heavy atom. The molecule has 0 radical (unpaired) electrons. The number of hydrogen-bond acceptors (Lipinski definition) is 2. The number of halogens is 2. The van der Waals surface area contributed by atoms with Gasteiger partial charge >= 0.3 is 0 Å². The number of aliphatic hydroxyl groups is 1. The molecule has 1 N–H and O–H groups in total. The predicted molar refractivity (Wildman–Crippen MR) is 75.5 cm³/mol. The van der Waals surface area contributed by atoms with Crippen LogP contribution in [-0.4, -0.2) is 12.2 Å². The Kier molecular flexibility index (Phi) is 4.35. The minimum absolute atomic E-state index is 0.286. The van der Waals surface area contributed by atoms with E-state index in [2.05, 4.69) is 0 Å². The molecule has 2 aromatic rings. The van der Waals surface area contributed by atoms with Crippen molar-refractivity contribution in [2.24, 2.45) is 0 Å². The fraction of sp³-hybridized carbons (Fsp3) is 0.250. The van der Waals surface area contributed by atoms with Crippen LogP contribution in [0.5, 0.6) is 0 Å². The largest absolute Gasteiger partial charge is 0.389 e. The molecule has 0 spiro atoms. The molecule has 0 saturated carbocycles. The summed E-state index contributed by atoms with van der Waals surface area (Å²) in [6.07, 6.45) is -0.768.